The normalized spacial score (nSPS) is 11.1. The minimum Gasteiger partial charge on any atom is -0.502 e. The molecular weight excluding hydrogens is 136 g/mol. The zero-order chi connectivity index (χ0) is 8.15. The highest BCUT2D eigenvalue weighted by Crippen LogP contribution is 1.90. The molecule has 0 aromatic rings. The van der Waals surface area contributed by atoms with E-state index in [1.165, 1.54) is 0 Å². The van der Waals surface area contributed by atoms with Crippen LogP contribution in [0.15, 0.2) is 11.8 Å². The lowest BCUT2D eigenvalue weighted by Crippen LogP contribution is -2.02. The number of carboxylic acids is 1. The molecule has 0 fully saturated rings. The number of rotatable bonds is 3. The molecule has 4 heteroatoms. The van der Waals surface area contributed by atoms with Crippen molar-refractivity contribution < 1.29 is 19.8 Å². The fraction of sp³-hybridized carbons (Fsp3) is 0.333. The van der Waals surface area contributed by atoms with Gasteiger partial charge < -0.3 is 10.2 Å². The smallest absolute Gasteiger partial charge is 0.371 e. The molecule has 0 aromatic carbocycles. The Hall–Kier alpha value is -1.32. The van der Waals surface area contributed by atoms with Crippen molar-refractivity contribution in [1.29, 1.82) is 0 Å². The number of ketones is 1. The highest BCUT2D eigenvalue weighted by atomic mass is 16.4. The zero-order valence-electron chi connectivity index (χ0n) is 5.50. The maximum absolute atomic E-state index is 10.4. The summed E-state index contributed by atoms with van der Waals surface area (Å²) in [4.78, 5) is 20.3. The highest BCUT2D eigenvalue weighted by Gasteiger charge is 2.04. The Labute approximate surface area is 57.8 Å². The Bertz CT molecular complexity index is 180. The van der Waals surface area contributed by atoms with E-state index in [4.69, 9.17) is 10.2 Å². The van der Waals surface area contributed by atoms with Crippen molar-refractivity contribution in [3.05, 3.63) is 11.8 Å². The van der Waals surface area contributed by atoms with Gasteiger partial charge in [-0.3, -0.25) is 4.79 Å². The molecule has 0 aliphatic carbocycles. The van der Waals surface area contributed by atoms with Crippen molar-refractivity contribution in [3.63, 3.8) is 0 Å². The predicted octanol–water partition coefficient (Wildman–Crippen LogP) is 0.492. The number of carbonyl (C=O) groups is 2. The van der Waals surface area contributed by atoms with E-state index in [0.29, 0.717) is 6.08 Å². The van der Waals surface area contributed by atoms with Gasteiger partial charge in [0.25, 0.3) is 0 Å². The number of carboxylic acid groups (broad SMARTS) is 1. The van der Waals surface area contributed by atoms with Crippen LogP contribution in [0, 0.1) is 0 Å². The fourth-order valence-electron chi connectivity index (χ4n) is 0.316. The molecule has 0 rings (SSSR count). The number of carbonyl (C=O) groups excluding carboxylic acids is 1. The van der Waals surface area contributed by atoms with Crippen molar-refractivity contribution in [1.82, 2.24) is 0 Å². The second-order valence-corrected chi connectivity index (χ2v) is 1.65. The molecule has 56 valence electrons. The Morgan fingerprint density at radius 2 is 1.90 bits per heavy atom. The quantitative estimate of drug-likeness (QED) is 0.446. The van der Waals surface area contributed by atoms with E-state index in [0.717, 1.165) is 0 Å². The third-order valence-electron chi connectivity index (χ3n) is 0.865. The van der Waals surface area contributed by atoms with Crippen LogP contribution < -0.4 is 0 Å². The highest BCUT2D eigenvalue weighted by molar-refractivity contribution is 5.96. The fourth-order valence-corrected chi connectivity index (χ4v) is 0.316. The van der Waals surface area contributed by atoms with E-state index in [1.54, 1.807) is 6.92 Å². The van der Waals surface area contributed by atoms with Crippen LogP contribution in [0.4, 0.5) is 0 Å². The molecular formula is C6H8O4. The summed E-state index contributed by atoms with van der Waals surface area (Å²) in [7, 11) is 0. The Balaban J connectivity index is 4.16. The number of aliphatic carboxylic acids is 1. The lowest BCUT2D eigenvalue weighted by atomic mass is 10.3. The first kappa shape index (κ1) is 8.68. The molecule has 0 atom stereocenters. The van der Waals surface area contributed by atoms with Gasteiger partial charge in [-0.25, -0.2) is 4.79 Å². The number of aliphatic hydroxyl groups excluding tert-OH is 1. The average molecular weight is 144 g/mol. The van der Waals surface area contributed by atoms with Gasteiger partial charge in [0.15, 0.2) is 5.78 Å². The van der Waals surface area contributed by atoms with Crippen molar-refractivity contribution in [2.75, 3.05) is 0 Å². The first-order chi connectivity index (χ1) is 4.57. The number of hydrogen-bond acceptors (Lipinski definition) is 3. The Kier molecular flexibility index (Phi) is 3.17. The summed E-state index contributed by atoms with van der Waals surface area (Å²) in [6.45, 7) is 1.58. The van der Waals surface area contributed by atoms with E-state index in [-0.39, 0.29) is 6.42 Å². The monoisotopic (exact) mass is 144 g/mol. The summed E-state index contributed by atoms with van der Waals surface area (Å²) < 4.78 is 0. The predicted molar refractivity (Wildman–Crippen MR) is 33.6 cm³/mol. The summed E-state index contributed by atoms with van der Waals surface area (Å²) >= 11 is 0. The molecule has 0 saturated heterocycles. The summed E-state index contributed by atoms with van der Waals surface area (Å²) in [5, 5.41) is 16.5. The Morgan fingerprint density at radius 1 is 1.40 bits per heavy atom. The molecule has 10 heavy (non-hydrogen) atoms. The molecule has 0 saturated carbocycles. The van der Waals surface area contributed by atoms with E-state index in [2.05, 4.69) is 0 Å². The van der Waals surface area contributed by atoms with Gasteiger partial charge in [-0.05, 0) is 0 Å². The first-order valence-corrected chi connectivity index (χ1v) is 2.74. The lowest BCUT2D eigenvalue weighted by Gasteiger charge is -1.88. The van der Waals surface area contributed by atoms with Crippen molar-refractivity contribution in [2.45, 2.75) is 13.3 Å². The van der Waals surface area contributed by atoms with Crippen LogP contribution in [0.3, 0.4) is 0 Å². The maximum Gasteiger partial charge on any atom is 0.371 e. The molecule has 4 nitrogen and oxygen atoms in total. The molecule has 0 spiro atoms. The second-order valence-electron chi connectivity index (χ2n) is 1.65. The van der Waals surface area contributed by atoms with Crippen molar-refractivity contribution >= 4 is 11.8 Å². The van der Waals surface area contributed by atoms with Gasteiger partial charge in [0, 0.05) is 12.5 Å². The van der Waals surface area contributed by atoms with Crippen molar-refractivity contribution in [3.8, 4) is 0 Å². The van der Waals surface area contributed by atoms with Gasteiger partial charge in [-0.1, -0.05) is 6.92 Å². The van der Waals surface area contributed by atoms with Gasteiger partial charge in [0.2, 0.25) is 5.76 Å². The summed E-state index contributed by atoms with van der Waals surface area (Å²) in [6, 6.07) is 0. The molecule has 0 aromatic heterocycles. The average Bonchev–Trinajstić information content (AvgIpc) is 1.87. The second kappa shape index (κ2) is 3.66. The van der Waals surface area contributed by atoms with Crippen LogP contribution in [0.1, 0.15) is 13.3 Å². The topological polar surface area (TPSA) is 74.6 Å². The van der Waals surface area contributed by atoms with E-state index >= 15 is 0 Å². The largest absolute Gasteiger partial charge is 0.502 e. The molecule has 0 heterocycles. The van der Waals surface area contributed by atoms with Crippen molar-refractivity contribution in [2.24, 2.45) is 0 Å². The van der Waals surface area contributed by atoms with E-state index in [1.807, 2.05) is 0 Å². The number of aliphatic hydroxyl groups is 1. The minimum atomic E-state index is -1.48. The van der Waals surface area contributed by atoms with Crippen LogP contribution >= 0.6 is 0 Å². The number of hydrogen-bond donors (Lipinski definition) is 2. The molecule has 0 amide bonds. The van der Waals surface area contributed by atoms with Crippen LogP contribution in [0.2, 0.25) is 0 Å². The molecule has 0 radical (unpaired) electrons. The van der Waals surface area contributed by atoms with Gasteiger partial charge in [-0.15, -0.1) is 0 Å². The Morgan fingerprint density at radius 3 is 2.20 bits per heavy atom. The van der Waals surface area contributed by atoms with Gasteiger partial charge in [0.1, 0.15) is 0 Å². The zero-order valence-corrected chi connectivity index (χ0v) is 5.50. The van der Waals surface area contributed by atoms with E-state index < -0.39 is 17.5 Å². The maximum atomic E-state index is 10.4. The van der Waals surface area contributed by atoms with Crippen LogP contribution in [0.25, 0.3) is 0 Å². The SMILES string of the molecule is CCC(=O)/C=C(\O)C(=O)O. The van der Waals surface area contributed by atoms with Crippen LogP contribution in [-0.4, -0.2) is 22.0 Å². The van der Waals surface area contributed by atoms with E-state index in [9.17, 15) is 9.59 Å². The summed E-state index contributed by atoms with van der Waals surface area (Å²) in [5.41, 5.74) is 0. The third-order valence-corrected chi connectivity index (χ3v) is 0.865. The molecule has 0 aliphatic heterocycles. The van der Waals surface area contributed by atoms with Crippen LogP contribution in [-0.2, 0) is 9.59 Å². The molecule has 2 N–H and O–H groups in total. The molecule has 0 unspecified atom stereocenters. The molecule has 0 bridgehead atoms. The summed E-state index contributed by atoms with van der Waals surface area (Å²) in [5.74, 6) is -2.80. The molecule has 0 aliphatic rings. The lowest BCUT2D eigenvalue weighted by molar-refractivity contribution is -0.135. The van der Waals surface area contributed by atoms with Crippen LogP contribution in [0.5, 0.6) is 0 Å². The summed E-state index contributed by atoms with van der Waals surface area (Å²) in [6.07, 6.45) is 0.889. The van der Waals surface area contributed by atoms with Gasteiger partial charge in [-0.2, -0.15) is 0 Å². The standard InChI is InChI=1S/C6H8O4/c1-2-4(7)3-5(8)6(9)10/h3,8H,2H2,1H3,(H,9,10)/b5-3-. The first-order valence-electron chi connectivity index (χ1n) is 2.74. The minimum absolute atomic E-state index is 0.192. The van der Waals surface area contributed by atoms with Gasteiger partial charge in [0.05, 0.1) is 0 Å². The van der Waals surface area contributed by atoms with Gasteiger partial charge >= 0.3 is 5.97 Å². The third kappa shape index (κ3) is 2.86. The number of allylic oxidation sites excluding steroid dienone is 1.